The molecule has 2 heterocycles. The van der Waals surface area contributed by atoms with Crippen LogP contribution in [0.5, 0.6) is 0 Å². The molecule has 3 aromatic rings. The van der Waals surface area contributed by atoms with Crippen LogP contribution in [-0.2, 0) is 11.3 Å². The van der Waals surface area contributed by atoms with Crippen LogP contribution in [-0.4, -0.2) is 21.6 Å². The van der Waals surface area contributed by atoms with Crippen molar-refractivity contribution in [2.24, 2.45) is 5.92 Å². The largest absolute Gasteiger partial charge is 0.355 e. The molecule has 0 aliphatic carbocycles. The van der Waals surface area contributed by atoms with Gasteiger partial charge in [0.2, 0.25) is 5.91 Å². The zero-order valence-corrected chi connectivity index (χ0v) is 15.6. The molecule has 0 bridgehead atoms. The number of rotatable bonds is 6. The highest BCUT2D eigenvalue weighted by molar-refractivity contribution is 7.17. The molecule has 0 saturated heterocycles. The van der Waals surface area contributed by atoms with Crippen LogP contribution >= 0.6 is 11.3 Å². The summed E-state index contributed by atoms with van der Waals surface area (Å²) in [5, 5.41) is 4.60. The van der Waals surface area contributed by atoms with Gasteiger partial charge in [-0.1, -0.05) is 32.0 Å². The van der Waals surface area contributed by atoms with Gasteiger partial charge in [-0.25, -0.2) is 9.36 Å². The summed E-state index contributed by atoms with van der Waals surface area (Å²) in [6, 6.07) is 10.5. The van der Waals surface area contributed by atoms with Crippen LogP contribution in [0.25, 0.3) is 15.9 Å². The smallest absolute Gasteiger partial charge is 0.336 e. The summed E-state index contributed by atoms with van der Waals surface area (Å²) in [5.41, 5.74) is 0.122. The SMILES string of the molecule is CC(C)CCNC(=O)Cn1c(=O)n(-c2ccccc2)c(=O)c2sccc21. The van der Waals surface area contributed by atoms with Gasteiger partial charge in [0.25, 0.3) is 5.56 Å². The standard InChI is InChI=1S/C19H21N3O3S/c1-13(2)8-10-20-16(23)12-21-15-9-11-26-17(15)18(24)22(19(21)25)14-6-4-3-5-7-14/h3-7,9,11,13H,8,10,12H2,1-2H3,(H,20,23). The highest BCUT2D eigenvalue weighted by Crippen LogP contribution is 2.16. The Morgan fingerprint density at radius 1 is 1.15 bits per heavy atom. The zero-order valence-electron chi connectivity index (χ0n) is 14.8. The summed E-state index contributed by atoms with van der Waals surface area (Å²) in [4.78, 5) is 38.0. The lowest BCUT2D eigenvalue weighted by Crippen LogP contribution is -2.41. The van der Waals surface area contributed by atoms with Crippen LogP contribution in [0, 0.1) is 5.92 Å². The molecule has 1 amide bonds. The van der Waals surface area contributed by atoms with E-state index in [2.05, 4.69) is 19.2 Å². The Hall–Kier alpha value is -2.67. The van der Waals surface area contributed by atoms with E-state index in [4.69, 9.17) is 0 Å². The fourth-order valence-corrected chi connectivity index (χ4v) is 3.57. The van der Waals surface area contributed by atoms with Crippen molar-refractivity contribution in [1.29, 1.82) is 0 Å². The summed E-state index contributed by atoms with van der Waals surface area (Å²) in [6.45, 7) is 4.62. The van der Waals surface area contributed by atoms with E-state index in [0.29, 0.717) is 28.4 Å². The predicted octanol–water partition coefficient (Wildman–Crippen LogP) is 2.38. The van der Waals surface area contributed by atoms with E-state index in [-0.39, 0.29) is 18.0 Å². The van der Waals surface area contributed by atoms with Crippen LogP contribution in [0.2, 0.25) is 0 Å². The third-order valence-corrected chi connectivity index (χ3v) is 5.01. The average Bonchev–Trinajstić information content (AvgIpc) is 3.09. The Bertz CT molecular complexity index is 1030. The van der Waals surface area contributed by atoms with Crippen molar-refractivity contribution >= 4 is 27.5 Å². The quantitative estimate of drug-likeness (QED) is 0.723. The third-order valence-electron chi connectivity index (χ3n) is 4.11. The van der Waals surface area contributed by atoms with Gasteiger partial charge in [0.15, 0.2) is 0 Å². The van der Waals surface area contributed by atoms with Gasteiger partial charge in [-0.3, -0.25) is 14.2 Å². The molecule has 0 radical (unpaired) electrons. The van der Waals surface area contributed by atoms with Crippen LogP contribution in [0.4, 0.5) is 0 Å². The third kappa shape index (κ3) is 3.62. The van der Waals surface area contributed by atoms with E-state index >= 15 is 0 Å². The van der Waals surface area contributed by atoms with E-state index in [1.165, 1.54) is 15.9 Å². The monoisotopic (exact) mass is 371 g/mol. The predicted molar refractivity (Wildman–Crippen MR) is 104 cm³/mol. The fourth-order valence-electron chi connectivity index (χ4n) is 2.74. The molecule has 1 aromatic carbocycles. The van der Waals surface area contributed by atoms with Gasteiger partial charge < -0.3 is 5.32 Å². The summed E-state index contributed by atoms with van der Waals surface area (Å²) in [5.74, 6) is 0.250. The van der Waals surface area contributed by atoms with Gasteiger partial charge in [-0.2, -0.15) is 0 Å². The normalized spacial score (nSPS) is 11.2. The molecule has 0 aliphatic rings. The Balaban J connectivity index is 2.03. The number of hydrogen-bond donors (Lipinski definition) is 1. The molecule has 2 aromatic heterocycles. The van der Waals surface area contributed by atoms with Crippen molar-refractivity contribution in [2.45, 2.75) is 26.8 Å². The molecule has 0 atom stereocenters. The van der Waals surface area contributed by atoms with Gasteiger partial charge in [-0.15, -0.1) is 11.3 Å². The first kappa shape index (κ1) is 18.1. The zero-order chi connectivity index (χ0) is 18.7. The molecule has 7 heteroatoms. The molecule has 0 unspecified atom stereocenters. The van der Waals surface area contributed by atoms with Crippen molar-refractivity contribution in [1.82, 2.24) is 14.5 Å². The lowest BCUT2D eigenvalue weighted by molar-refractivity contribution is -0.121. The Kier molecular flexibility index (Phi) is 5.37. The molecule has 3 rings (SSSR count). The second-order valence-corrected chi connectivity index (χ2v) is 7.43. The summed E-state index contributed by atoms with van der Waals surface area (Å²) >= 11 is 1.27. The number of carbonyl (C=O) groups excluding carboxylic acids is 1. The maximum atomic E-state index is 13.0. The topological polar surface area (TPSA) is 73.1 Å². The Morgan fingerprint density at radius 3 is 2.58 bits per heavy atom. The Labute approximate surface area is 154 Å². The highest BCUT2D eigenvalue weighted by Gasteiger charge is 2.17. The van der Waals surface area contributed by atoms with Crippen molar-refractivity contribution in [3.05, 3.63) is 62.6 Å². The molecular weight excluding hydrogens is 350 g/mol. The molecule has 0 saturated carbocycles. The lowest BCUT2D eigenvalue weighted by Gasteiger charge is -2.13. The number of carbonyl (C=O) groups is 1. The van der Waals surface area contributed by atoms with Gasteiger partial charge in [0.1, 0.15) is 11.2 Å². The number of fused-ring (bicyclic) bond motifs is 1. The summed E-state index contributed by atoms with van der Waals surface area (Å²) in [6.07, 6.45) is 0.873. The van der Waals surface area contributed by atoms with Crippen molar-refractivity contribution in [3.63, 3.8) is 0 Å². The first-order chi connectivity index (χ1) is 12.5. The minimum Gasteiger partial charge on any atom is -0.355 e. The van der Waals surface area contributed by atoms with Crippen LogP contribution < -0.4 is 16.6 Å². The van der Waals surface area contributed by atoms with Crippen molar-refractivity contribution in [3.8, 4) is 5.69 Å². The lowest BCUT2D eigenvalue weighted by atomic mass is 10.1. The molecule has 0 fully saturated rings. The molecule has 1 N–H and O–H groups in total. The van der Waals surface area contributed by atoms with E-state index in [1.807, 2.05) is 6.07 Å². The molecular formula is C19H21N3O3S. The number of nitrogens with one attached hydrogen (secondary N) is 1. The van der Waals surface area contributed by atoms with Gasteiger partial charge in [0, 0.05) is 6.54 Å². The van der Waals surface area contributed by atoms with Crippen molar-refractivity contribution < 1.29 is 4.79 Å². The molecule has 0 spiro atoms. The maximum absolute atomic E-state index is 13.0. The van der Waals surface area contributed by atoms with Gasteiger partial charge in [0.05, 0.1) is 11.2 Å². The van der Waals surface area contributed by atoms with E-state index < -0.39 is 5.69 Å². The molecule has 6 nitrogen and oxygen atoms in total. The number of aromatic nitrogens is 2. The van der Waals surface area contributed by atoms with Gasteiger partial charge in [-0.05, 0) is 35.9 Å². The molecule has 26 heavy (non-hydrogen) atoms. The minimum atomic E-state index is -0.508. The number of hydrogen-bond acceptors (Lipinski definition) is 4. The Morgan fingerprint density at radius 2 is 1.88 bits per heavy atom. The fraction of sp³-hybridized carbons (Fsp3) is 0.316. The number of benzene rings is 1. The number of thiophene rings is 1. The maximum Gasteiger partial charge on any atom is 0.336 e. The first-order valence-corrected chi connectivity index (χ1v) is 9.42. The molecule has 136 valence electrons. The van der Waals surface area contributed by atoms with E-state index in [1.54, 1.807) is 35.7 Å². The number of amides is 1. The van der Waals surface area contributed by atoms with Crippen LogP contribution in [0.15, 0.2) is 51.4 Å². The van der Waals surface area contributed by atoms with Crippen LogP contribution in [0.1, 0.15) is 20.3 Å². The summed E-state index contributed by atoms with van der Waals surface area (Å²) in [7, 11) is 0. The first-order valence-electron chi connectivity index (χ1n) is 8.54. The van der Waals surface area contributed by atoms with E-state index in [9.17, 15) is 14.4 Å². The number of nitrogens with zero attached hydrogens (tertiary/aromatic N) is 2. The number of para-hydroxylation sites is 1. The summed E-state index contributed by atoms with van der Waals surface area (Å²) < 4.78 is 2.95. The molecule has 0 aliphatic heterocycles. The van der Waals surface area contributed by atoms with Gasteiger partial charge >= 0.3 is 5.69 Å². The second kappa shape index (κ2) is 7.70. The average molecular weight is 371 g/mol. The second-order valence-electron chi connectivity index (χ2n) is 6.51. The van der Waals surface area contributed by atoms with Crippen LogP contribution in [0.3, 0.4) is 0 Å². The van der Waals surface area contributed by atoms with Crippen molar-refractivity contribution in [2.75, 3.05) is 6.54 Å². The minimum absolute atomic E-state index is 0.114. The van der Waals surface area contributed by atoms with E-state index in [0.717, 1.165) is 11.0 Å². The highest BCUT2D eigenvalue weighted by atomic mass is 32.1.